The van der Waals surface area contributed by atoms with Gasteiger partial charge in [-0.3, -0.25) is 4.79 Å². The second kappa shape index (κ2) is 6.38. The molecule has 0 spiro atoms. The molecule has 1 aromatic carbocycles. The first-order valence-electron chi connectivity index (χ1n) is 6.32. The number of nitrogens with zero attached hydrogens (tertiary/aromatic N) is 1. The van der Waals surface area contributed by atoms with Gasteiger partial charge in [0.05, 0.1) is 18.8 Å². The number of thiazole rings is 1. The molecule has 0 fully saturated rings. The number of nitrogens with two attached hydrogens (primary N) is 1. The van der Waals surface area contributed by atoms with E-state index in [4.69, 9.17) is 10.5 Å². The lowest BCUT2D eigenvalue weighted by molar-refractivity contribution is 0.0951. The van der Waals surface area contributed by atoms with Crippen LogP contribution in [0.4, 0.5) is 5.69 Å². The van der Waals surface area contributed by atoms with Crippen LogP contribution in [-0.2, 0) is 6.54 Å². The van der Waals surface area contributed by atoms with Crippen molar-refractivity contribution in [3.63, 3.8) is 0 Å². The minimum Gasteiger partial charge on any atom is -0.492 e. The highest BCUT2D eigenvalue weighted by Crippen LogP contribution is 2.22. The van der Waals surface area contributed by atoms with Crippen LogP contribution in [0, 0.1) is 6.92 Å². The average molecular weight is 291 g/mol. The number of carbonyl (C=O) groups is 1. The normalized spacial score (nSPS) is 10.3. The van der Waals surface area contributed by atoms with Crippen molar-refractivity contribution in [2.45, 2.75) is 20.4 Å². The van der Waals surface area contributed by atoms with Crippen LogP contribution in [0.15, 0.2) is 24.4 Å². The third-order valence-electron chi connectivity index (χ3n) is 2.64. The van der Waals surface area contributed by atoms with Crippen molar-refractivity contribution in [1.82, 2.24) is 10.3 Å². The van der Waals surface area contributed by atoms with E-state index < -0.39 is 0 Å². The zero-order chi connectivity index (χ0) is 14.5. The molecule has 20 heavy (non-hydrogen) atoms. The fourth-order valence-corrected chi connectivity index (χ4v) is 2.44. The van der Waals surface area contributed by atoms with E-state index in [1.54, 1.807) is 35.7 Å². The number of amides is 1. The SMILES string of the molecule is CCOc1ccc(C(=O)NCc2ncc(C)s2)cc1N. The van der Waals surface area contributed by atoms with E-state index in [2.05, 4.69) is 10.3 Å². The first-order valence-corrected chi connectivity index (χ1v) is 7.13. The molecule has 0 radical (unpaired) electrons. The number of nitrogen functional groups attached to an aromatic ring is 1. The van der Waals surface area contributed by atoms with E-state index >= 15 is 0 Å². The quantitative estimate of drug-likeness (QED) is 0.829. The molecule has 0 aliphatic heterocycles. The van der Waals surface area contributed by atoms with Crippen molar-refractivity contribution in [2.75, 3.05) is 12.3 Å². The fraction of sp³-hybridized carbons (Fsp3) is 0.286. The largest absolute Gasteiger partial charge is 0.492 e. The number of benzene rings is 1. The number of carbonyl (C=O) groups excluding carboxylic acids is 1. The fourth-order valence-electron chi connectivity index (χ4n) is 1.72. The summed E-state index contributed by atoms with van der Waals surface area (Å²) in [5.74, 6) is 0.423. The van der Waals surface area contributed by atoms with Crippen molar-refractivity contribution in [1.29, 1.82) is 0 Å². The van der Waals surface area contributed by atoms with Crippen LogP contribution >= 0.6 is 11.3 Å². The Kier molecular flexibility index (Phi) is 4.57. The third-order valence-corrected chi connectivity index (χ3v) is 3.55. The molecule has 0 saturated carbocycles. The zero-order valence-corrected chi connectivity index (χ0v) is 12.3. The Morgan fingerprint density at radius 2 is 2.30 bits per heavy atom. The van der Waals surface area contributed by atoms with Gasteiger partial charge in [-0.15, -0.1) is 11.3 Å². The minimum absolute atomic E-state index is 0.174. The predicted molar refractivity (Wildman–Crippen MR) is 80.0 cm³/mol. The van der Waals surface area contributed by atoms with E-state index in [1.807, 2.05) is 13.8 Å². The summed E-state index contributed by atoms with van der Waals surface area (Å²) in [5, 5.41) is 3.70. The van der Waals surface area contributed by atoms with Gasteiger partial charge in [0.15, 0.2) is 0 Å². The summed E-state index contributed by atoms with van der Waals surface area (Å²) in [6.45, 7) is 4.83. The first kappa shape index (κ1) is 14.3. The molecule has 0 aliphatic carbocycles. The molecule has 0 bridgehead atoms. The van der Waals surface area contributed by atoms with Gasteiger partial charge in [-0.1, -0.05) is 0 Å². The molecule has 3 N–H and O–H groups in total. The molecule has 106 valence electrons. The lowest BCUT2D eigenvalue weighted by Gasteiger charge is -2.08. The minimum atomic E-state index is -0.174. The predicted octanol–water partition coefficient (Wildman–Crippen LogP) is 2.36. The van der Waals surface area contributed by atoms with Crippen LogP contribution in [0.3, 0.4) is 0 Å². The Balaban J connectivity index is 2.00. The molecule has 1 heterocycles. The second-order valence-corrected chi connectivity index (χ2v) is 5.55. The smallest absolute Gasteiger partial charge is 0.251 e. The van der Waals surface area contributed by atoms with Crippen LogP contribution in [0.1, 0.15) is 27.2 Å². The van der Waals surface area contributed by atoms with Gasteiger partial charge in [0.1, 0.15) is 10.8 Å². The Bertz CT molecular complexity index is 610. The van der Waals surface area contributed by atoms with Gasteiger partial charge >= 0.3 is 0 Å². The Labute approximate surface area is 121 Å². The number of hydrogen-bond acceptors (Lipinski definition) is 5. The van der Waals surface area contributed by atoms with Gasteiger partial charge in [0.2, 0.25) is 0 Å². The summed E-state index contributed by atoms with van der Waals surface area (Å²) in [4.78, 5) is 17.3. The molecule has 6 heteroatoms. The number of rotatable bonds is 5. The number of anilines is 1. The van der Waals surface area contributed by atoms with Crippen LogP contribution in [-0.4, -0.2) is 17.5 Å². The van der Waals surface area contributed by atoms with Gasteiger partial charge < -0.3 is 15.8 Å². The van der Waals surface area contributed by atoms with Crippen molar-refractivity contribution >= 4 is 22.9 Å². The van der Waals surface area contributed by atoms with E-state index in [0.29, 0.717) is 30.2 Å². The van der Waals surface area contributed by atoms with Crippen LogP contribution in [0.2, 0.25) is 0 Å². The van der Waals surface area contributed by atoms with E-state index in [0.717, 1.165) is 9.88 Å². The van der Waals surface area contributed by atoms with Crippen LogP contribution in [0.5, 0.6) is 5.75 Å². The van der Waals surface area contributed by atoms with Gasteiger partial charge in [0, 0.05) is 16.6 Å². The summed E-state index contributed by atoms with van der Waals surface area (Å²) in [5.41, 5.74) is 6.82. The molecular formula is C14H17N3O2S. The zero-order valence-electron chi connectivity index (χ0n) is 11.5. The molecule has 1 aromatic heterocycles. The number of aryl methyl sites for hydroxylation is 1. The molecule has 0 atom stereocenters. The van der Waals surface area contributed by atoms with Crippen molar-refractivity contribution < 1.29 is 9.53 Å². The Morgan fingerprint density at radius 1 is 1.50 bits per heavy atom. The maximum atomic E-state index is 12.0. The highest BCUT2D eigenvalue weighted by molar-refractivity contribution is 7.11. The number of aromatic nitrogens is 1. The molecule has 0 aliphatic rings. The molecule has 2 rings (SSSR count). The van der Waals surface area contributed by atoms with Crippen molar-refractivity contribution in [3.8, 4) is 5.75 Å². The van der Waals surface area contributed by atoms with Gasteiger partial charge in [0.25, 0.3) is 5.91 Å². The molecular weight excluding hydrogens is 274 g/mol. The summed E-state index contributed by atoms with van der Waals surface area (Å²) < 4.78 is 5.34. The van der Waals surface area contributed by atoms with Gasteiger partial charge in [-0.25, -0.2) is 4.98 Å². The van der Waals surface area contributed by atoms with Crippen LogP contribution < -0.4 is 15.8 Å². The van der Waals surface area contributed by atoms with E-state index in [9.17, 15) is 4.79 Å². The van der Waals surface area contributed by atoms with E-state index in [1.165, 1.54) is 0 Å². The molecule has 0 saturated heterocycles. The summed E-state index contributed by atoms with van der Waals surface area (Å²) in [7, 11) is 0. The standard InChI is InChI=1S/C14H17N3O2S/c1-3-19-12-5-4-10(6-11(12)15)14(18)17-8-13-16-7-9(2)20-13/h4-7H,3,8,15H2,1-2H3,(H,17,18). The summed E-state index contributed by atoms with van der Waals surface area (Å²) >= 11 is 1.57. The number of hydrogen-bond donors (Lipinski definition) is 2. The van der Waals surface area contributed by atoms with Crippen molar-refractivity contribution in [2.24, 2.45) is 0 Å². The average Bonchev–Trinajstić information content (AvgIpc) is 2.84. The second-order valence-electron chi connectivity index (χ2n) is 4.23. The van der Waals surface area contributed by atoms with Crippen molar-refractivity contribution in [3.05, 3.63) is 39.8 Å². The molecule has 1 amide bonds. The monoisotopic (exact) mass is 291 g/mol. The molecule has 5 nitrogen and oxygen atoms in total. The van der Waals surface area contributed by atoms with E-state index in [-0.39, 0.29) is 5.91 Å². The maximum absolute atomic E-state index is 12.0. The Morgan fingerprint density at radius 3 is 2.90 bits per heavy atom. The Hall–Kier alpha value is -2.08. The summed E-state index contributed by atoms with van der Waals surface area (Å²) in [6.07, 6.45) is 1.79. The van der Waals surface area contributed by atoms with Crippen LogP contribution in [0.25, 0.3) is 0 Å². The lowest BCUT2D eigenvalue weighted by Crippen LogP contribution is -2.22. The number of nitrogens with one attached hydrogen (secondary N) is 1. The topological polar surface area (TPSA) is 77.2 Å². The molecule has 0 unspecified atom stereocenters. The number of ether oxygens (including phenoxy) is 1. The third kappa shape index (κ3) is 3.48. The van der Waals surface area contributed by atoms with Gasteiger partial charge in [-0.05, 0) is 32.0 Å². The molecule has 2 aromatic rings. The lowest BCUT2D eigenvalue weighted by atomic mass is 10.2. The van der Waals surface area contributed by atoms with Gasteiger partial charge in [-0.2, -0.15) is 0 Å². The highest BCUT2D eigenvalue weighted by Gasteiger charge is 2.09. The maximum Gasteiger partial charge on any atom is 0.251 e. The summed E-state index contributed by atoms with van der Waals surface area (Å²) in [6, 6.07) is 5.03. The highest BCUT2D eigenvalue weighted by atomic mass is 32.1. The first-order chi connectivity index (χ1) is 9.60.